The van der Waals surface area contributed by atoms with Gasteiger partial charge in [-0.3, -0.25) is 28.9 Å². The standard InChI is InChI=1S/C18H31N3O7S/c1-4-8-27-16(24)10-21(12(3)22)17(25)14(11-29)20-15(23)7-6-13(19)18(26)28-9-5-2/h13-14,29H,4-11,19H2,1-3H3,(H,20,23). The van der Waals surface area contributed by atoms with Crippen LogP contribution in [-0.2, 0) is 33.4 Å². The third-order valence-electron chi connectivity index (χ3n) is 3.65. The number of imide groups is 1. The zero-order chi connectivity index (χ0) is 22.4. The van der Waals surface area contributed by atoms with Crippen molar-refractivity contribution in [1.29, 1.82) is 0 Å². The van der Waals surface area contributed by atoms with Gasteiger partial charge >= 0.3 is 11.9 Å². The van der Waals surface area contributed by atoms with E-state index in [-0.39, 0.29) is 31.8 Å². The van der Waals surface area contributed by atoms with Gasteiger partial charge in [-0.2, -0.15) is 12.6 Å². The van der Waals surface area contributed by atoms with E-state index in [0.29, 0.717) is 17.7 Å². The van der Waals surface area contributed by atoms with Gasteiger partial charge in [0.2, 0.25) is 11.8 Å². The molecule has 0 aliphatic heterocycles. The van der Waals surface area contributed by atoms with Gasteiger partial charge < -0.3 is 20.5 Å². The van der Waals surface area contributed by atoms with Gasteiger partial charge in [0.1, 0.15) is 18.6 Å². The van der Waals surface area contributed by atoms with E-state index >= 15 is 0 Å². The molecule has 0 rings (SSSR count). The van der Waals surface area contributed by atoms with Crippen LogP contribution in [0.3, 0.4) is 0 Å². The molecule has 2 unspecified atom stereocenters. The average molecular weight is 434 g/mol. The Bertz CT molecular complexity index is 586. The van der Waals surface area contributed by atoms with Crippen molar-refractivity contribution in [1.82, 2.24) is 10.2 Å². The number of nitrogens with two attached hydrogens (primary N) is 1. The molecule has 3 amide bonds. The van der Waals surface area contributed by atoms with Gasteiger partial charge in [-0.05, 0) is 19.3 Å². The average Bonchev–Trinajstić information content (AvgIpc) is 2.69. The van der Waals surface area contributed by atoms with Crippen LogP contribution in [0.1, 0.15) is 46.5 Å². The zero-order valence-corrected chi connectivity index (χ0v) is 18.0. The number of ether oxygens (including phenoxy) is 2. The minimum Gasteiger partial charge on any atom is -0.465 e. The number of rotatable bonds is 13. The van der Waals surface area contributed by atoms with E-state index in [1.54, 1.807) is 0 Å². The third kappa shape index (κ3) is 10.8. The Hall–Kier alpha value is -2.14. The van der Waals surface area contributed by atoms with E-state index in [4.69, 9.17) is 15.2 Å². The summed E-state index contributed by atoms with van der Waals surface area (Å²) in [4.78, 5) is 60.5. The highest BCUT2D eigenvalue weighted by Gasteiger charge is 2.29. The Balaban J connectivity index is 4.77. The molecule has 0 aromatic rings. The molecular formula is C18H31N3O7S. The van der Waals surface area contributed by atoms with Crippen LogP contribution in [0.5, 0.6) is 0 Å². The van der Waals surface area contributed by atoms with E-state index in [0.717, 1.165) is 6.92 Å². The molecule has 29 heavy (non-hydrogen) atoms. The lowest BCUT2D eigenvalue weighted by Gasteiger charge is -2.24. The van der Waals surface area contributed by atoms with Gasteiger partial charge in [-0.1, -0.05) is 13.8 Å². The topological polar surface area (TPSA) is 145 Å². The first-order chi connectivity index (χ1) is 13.7. The number of esters is 2. The van der Waals surface area contributed by atoms with Crippen LogP contribution in [0, 0.1) is 0 Å². The second-order valence-corrected chi connectivity index (χ2v) is 6.64. The van der Waals surface area contributed by atoms with Crippen LogP contribution < -0.4 is 11.1 Å². The maximum atomic E-state index is 12.6. The van der Waals surface area contributed by atoms with Crippen molar-refractivity contribution < 1.29 is 33.4 Å². The monoisotopic (exact) mass is 433 g/mol. The molecule has 11 heteroatoms. The summed E-state index contributed by atoms with van der Waals surface area (Å²) in [5.74, 6) is -3.41. The second kappa shape index (κ2) is 14.8. The van der Waals surface area contributed by atoms with Crippen LogP contribution in [0.25, 0.3) is 0 Å². The summed E-state index contributed by atoms with van der Waals surface area (Å²) in [6, 6.07) is -2.09. The normalized spacial score (nSPS) is 12.4. The maximum absolute atomic E-state index is 12.6. The molecule has 0 fully saturated rings. The molecule has 0 aromatic carbocycles. The number of hydrogen-bond donors (Lipinski definition) is 3. The van der Waals surface area contributed by atoms with Crippen molar-refractivity contribution in [3.63, 3.8) is 0 Å². The number of thiol groups is 1. The van der Waals surface area contributed by atoms with Gasteiger partial charge in [-0.15, -0.1) is 0 Å². The predicted octanol–water partition coefficient (Wildman–Crippen LogP) is -0.210. The first-order valence-electron chi connectivity index (χ1n) is 9.47. The molecule has 2 atom stereocenters. The molecule has 0 aliphatic carbocycles. The summed E-state index contributed by atoms with van der Waals surface area (Å²) in [5.41, 5.74) is 5.67. The highest BCUT2D eigenvalue weighted by atomic mass is 32.1. The van der Waals surface area contributed by atoms with E-state index in [2.05, 4.69) is 17.9 Å². The van der Waals surface area contributed by atoms with Crippen LogP contribution in [0.4, 0.5) is 0 Å². The van der Waals surface area contributed by atoms with Gasteiger partial charge in [0, 0.05) is 19.1 Å². The lowest BCUT2D eigenvalue weighted by atomic mass is 10.1. The smallest absolute Gasteiger partial charge is 0.326 e. The molecule has 0 spiro atoms. The largest absolute Gasteiger partial charge is 0.465 e. The fourth-order valence-corrected chi connectivity index (χ4v) is 2.34. The summed E-state index contributed by atoms with van der Waals surface area (Å²) in [5, 5.41) is 2.44. The summed E-state index contributed by atoms with van der Waals surface area (Å²) in [7, 11) is 0. The Morgan fingerprint density at radius 1 is 1.07 bits per heavy atom. The SMILES string of the molecule is CCCOC(=O)CN(C(C)=O)C(=O)C(CS)NC(=O)CCC(N)C(=O)OCCC. The second-order valence-electron chi connectivity index (χ2n) is 6.28. The van der Waals surface area contributed by atoms with Gasteiger partial charge in [0.05, 0.1) is 13.2 Å². The lowest BCUT2D eigenvalue weighted by Crippen LogP contribution is -2.52. The van der Waals surface area contributed by atoms with Crippen molar-refractivity contribution in [2.45, 2.75) is 58.5 Å². The van der Waals surface area contributed by atoms with Crippen LogP contribution in [0.15, 0.2) is 0 Å². The molecule has 166 valence electrons. The van der Waals surface area contributed by atoms with Gasteiger partial charge in [0.25, 0.3) is 5.91 Å². The molecule has 0 radical (unpaired) electrons. The van der Waals surface area contributed by atoms with Crippen molar-refractivity contribution in [2.75, 3.05) is 25.5 Å². The quantitative estimate of drug-likeness (QED) is 0.267. The summed E-state index contributed by atoms with van der Waals surface area (Å²) < 4.78 is 9.78. The lowest BCUT2D eigenvalue weighted by molar-refractivity contribution is -0.155. The number of nitrogens with zero attached hydrogens (tertiary/aromatic N) is 1. The molecule has 0 heterocycles. The van der Waals surface area contributed by atoms with Crippen molar-refractivity contribution in [3.05, 3.63) is 0 Å². The third-order valence-corrected chi connectivity index (χ3v) is 4.02. The minimum absolute atomic E-state index is 0.0294. The molecule has 0 aromatic heterocycles. The fraction of sp³-hybridized carbons (Fsp3) is 0.722. The highest BCUT2D eigenvalue weighted by molar-refractivity contribution is 7.80. The molecule has 3 N–H and O–H groups in total. The number of hydrogen-bond acceptors (Lipinski definition) is 9. The molecular weight excluding hydrogens is 402 g/mol. The Morgan fingerprint density at radius 3 is 2.17 bits per heavy atom. The van der Waals surface area contributed by atoms with Crippen molar-refractivity contribution >= 4 is 42.3 Å². The molecule has 0 aliphatic rings. The highest BCUT2D eigenvalue weighted by Crippen LogP contribution is 2.03. The summed E-state index contributed by atoms with van der Waals surface area (Å²) in [6.07, 6.45) is 1.16. The van der Waals surface area contributed by atoms with E-state index in [1.165, 1.54) is 0 Å². The molecule has 10 nitrogen and oxygen atoms in total. The predicted molar refractivity (Wildman–Crippen MR) is 108 cm³/mol. The fourth-order valence-electron chi connectivity index (χ4n) is 2.09. The van der Waals surface area contributed by atoms with Crippen LogP contribution in [-0.4, -0.2) is 72.2 Å². The van der Waals surface area contributed by atoms with Crippen molar-refractivity contribution in [2.24, 2.45) is 5.73 Å². The molecule has 0 bridgehead atoms. The van der Waals surface area contributed by atoms with Crippen LogP contribution >= 0.6 is 12.6 Å². The first-order valence-corrected chi connectivity index (χ1v) is 10.1. The number of amides is 3. The Labute approximate surface area is 176 Å². The summed E-state index contributed by atoms with van der Waals surface area (Å²) >= 11 is 4.03. The first kappa shape index (κ1) is 26.9. The van der Waals surface area contributed by atoms with Gasteiger partial charge in [-0.25, -0.2) is 0 Å². The van der Waals surface area contributed by atoms with Gasteiger partial charge in [0.15, 0.2) is 0 Å². The summed E-state index contributed by atoms with van der Waals surface area (Å²) in [6.45, 7) is 4.65. The Kier molecular flexibility index (Phi) is 13.7. The molecule has 0 saturated carbocycles. The zero-order valence-electron chi connectivity index (χ0n) is 17.1. The number of carbonyl (C=O) groups is 5. The van der Waals surface area contributed by atoms with Crippen molar-refractivity contribution in [3.8, 4) is 0 Å². The van der Waals surface area contributed by atoms with Crippen LogP contribution in [0.2, 0.25) is 0 Å². The Morgan fingerprint density at radius 2 is 1.66 bits per heavy atom. The number of nitrogens with one attached hydrogen (secondary N) is 1. The van der Waals surface area contributed by atoms with E-state index in [9.17, 15) is 24.0 Å². The number of carbonyl (C=O) groups excluding carboxylic acids is 5. The molecule has 0 saturated heterocycles. The van der Waals surface area contributed by atoms with E-state index in [1.807, 2.05) is 13.8 Å². The van der Waals surface area contributed by atoms with E-state index < -0.39 is 48.3 Å². The minimum atomic E-state index is -1.13. The maximum Gasteiger partial charge on any atom is 0.326 e.